The number of H-pyrrole nitrogens is 1. The molecule has 1 aromatic carbocycles. The maximum Gasteiger partial charge on any atom is 0.353 e. The molecule has 2 N–H and O–H groups in total. The Balaban J connectivity index is 1.96. The van der Waals surface area contributed by atoms with E-state index in [9.17, 15) is 4.79 Å². The molecule has 104 valence electrons. The molecule has 3 rings (SSSR count). The second-order valence-corrected chi connectivity index (χ2v) is 5.22. The summed E-state index contributed by atoms with van der Waals surface area (Å²) >= 11 is 6.01. The van der Waals surface area contributed by atoms with Crippen LogP contribution in [0.15, 0.2) is 24.3 Å². The van der Waals surface area contributed by atoms with Crippen molar-refractivity contribution in [2.75, 3.05) is 0 Å². The highest BCUT2D eigenvalue weighted by Crippen LogP contribution is 2.35. The van der Waals surface area contributed by atoms with Crippen LogP contribution in [0, 0.1) is 0 Å². The zero-order valence-electron chi connectivity index (χ0n) is 10.6. The van der Waals surface area contributed by atoms with Gasteiger partial charge in [-0.15, -0.1) is 0 Å². The molecule has 0 bridgehead atoms. The number of benzene rings is 1. The summed E-state index contributed by atoms with van der Waals surface area (Å²) < 4.78 is 5.90. The summed E-state index contributed by atoms with van der Waals surface area (Å²) in [7, 11) is 0. The van der Waals surface area contributed by atoms with E-state index in [1.165, 1.54) is 12.5 Å². The molecule has 0 radical (unpaired) electrons. The van der Waals surface area contributed by atoms with Gasteiger partial charge in [0.2, 0.25) is 0 Å². The third-order valence-electron chi connectivity index (χ3n) is 3.37. The number of aromatic carboxylic acids is 1. The molecule has 1 aromatic heterocycles. The maximum atomic E-state index is 10.9. The lowest BCUT2D eigenvalue weighted by Crippen LogP contribution is -2.24. The Morgan fingerprint density at radius 3 is 2.80 bits per heavy atom. The Bertz CT molecular complexity index is 650. The van der Waals surface area contributed by atoms with Crippen LogP contribution < -0.4 is 4.74 Å². The molecule has 0 spiro atoms. The number of rotatable bonds is 4. The Morgan fingerprint density at radius 1 is 1.40 bits per heavy atom. The summed E-state index contributed by atoms with van der Waals surface area (Å²) in [6.45, 7) is 0. The third-order valence-corrected chi connectivity index (χ3v) is 3.61. The Morgan fingerprint density at radius 2 is 2.20 bits per heavy atom. The van der Waals surface area contributed by atoms with E-state index in [1.54, 1.807) is 18.2 Å². The lowest BCUT2D eigenvalue weighted by Gasteiger charge is -2.27. The van der Waals surface area contributed by atoms with Gasteiger partial charge in [0.1, 0.15) is 11.4 Å². The third kappa shape index (κ3) is 2.49. The van der Waals surface area contributed by atoms with Gasteiger partial charge in [-0.2, -0.15) is 5.10 Å². The van der Waals surface area contributed by atoms with Gasteiger partial charge < -0.3 is 9.84 Å². The first-order valence-electron chi connectivity index (χ1n) is 6.39. The standard InChI is InChI=1S/C14H13ClN2O3/c15-8-4-5-13(20-9-2-1-3-9)10(6-8)11-7-12(14(18)19)17-16-11/h4-7,9H,1-3H2,(H,16,17)(H,18,19). The number of carbonyl (C=O) groups is 1. The fourth-order valence-electron chi connectivity index (χ4n) is 2.04. The number of hydrogen-bond acceptors (Lipinski definition) is 3. The smallest absolute Gasteiger partial charge is 0.353 e. The molecule has 0 unspecified atom stereocenters. The lowest BCUT2D eigenvalue weighted by atomic mass is 9.96. The van der Waals surface area contributed by atoms with E-state index in [0.29, 0.717) is 22.0 Å². The van der Waals surface area contributed by atoms with Gasteiger partial charge in [0, 0.05) is 10.6 Å². The van der Waals surface area contributed by atoms with E-state index in [1.807, 2.05) is 0 Å². The average Bonchev–Trinajstić information content (AvgIpc) is 2.84. The first-order chi connectivity index (χ1) is 9.63. The van der Waals surface area contributed by atoms with Gasteiger partial charge in [0.25, 0.3) is 0 Å². The number of nitrogens with one attached hydrogen (secondary N) is 1. The Hall–Kier alpha value is -2.01. The minimum atomic E-state index is -1.05. The quantitative estimate of drug-likeness (QED) is 0.906. The number of halogens is 1. The van der Waals surface area contributed by atoms with E-state index in [0.717, 1.165) is 12.8 Å². The molecule has 6 heteroatoms. The van der Waals surface area contributed by atoms with Crippen LogP contribution in [-0.4, -0.2) is 27.4 Å². The molecule has 0 aliphatic heterocycles. The van der Waals surface area contributed by atoms with Crippen molar-refractivity contribution in [1.29, 1.82) is 0 Å². The highest BCUT2D eigenvalue weighted by Gasteiger charge is 2.21. The van der Waals surface area contributed by atoms with E-state index < -0.39 is 5.97 Å². The molecule has 1 saturated carbocycles. The number of carboxylic acid groups (broad SMARTS) is 1. The van der Waals surface area contributed by atoms with Gasteiger partial charge in [0.15, 0.2) is 0 Å². The SMILES string of the molecule is O=C(O)c1cc(-c2cc(Cl)ccc2OC2CCC2)n[nH]1. The number of aromatic nitrogens is 2. The minimum absolute atomic E-state index is 0.0366. The monoisotopic (exact) mass is 292 g/mol. The molecule has 2 aromatic rings. The maximum absolute atomic E-state index is 10.9. The molecule has 1 aliphatic rings. The van der Waals surface area contributed by atoms with Crippen LogP contribution >= 0.6 is 11.6 Å². The summed E-state index contributed by atoms with van der Waals surface area (Å²) in [5.74, 6) is -0.366. The second kappa shape index (κ2) is 5.17. The van der Waals surface area contributed by atoms with Crippen LogP contribution in [-0.2, 0) is 0 Å². The first kappa shape index (κ1) is 13.0. The molecule has 5 nitrogen and oxygen atoms in total. The van der Waals surface area contributed by atoms with Crippen molar-refractivity contribution in [2.24, 2.45) is 0 Å². The predicted octanol–water partition coefficient (Wildman–Crippen LogP) is 3.36. The molecule has 20 heavy (non-hydrogen) atoms. The topological polar surface area (TPSA) is 75.2 Å². The summed E-state index contributed by atoms with van der Waals surface area (Å²) in [5.41, 5.74) is 1.25. The molecule has 0 atom stereocenters. The van der Waals surface area contributed by atoms with Crippen molar-refractivity contribution >= 4 is 17.6 Å². The molecule has 1 aliphatic carbocycles. The van der Waals surface area contributed by atoms with Crippen LogP contribution in [0.25, 0.3) is 11.3 Å². The van der Waals surface area contributed by atoms with Gasteiger partial charge in [-0.05, 0) is 43.5 Å². The summed E-state index contributed by atoms with van der Waals surface area (Å²) in [4.78, 5) is 10.9. The van der Waals surface area contributed by atoms with Crippen molar-refractivity contribution < 1.29 is 14.6 Å². The second-order valence-electron chi connectivity index (χ2n) is 4.78. The number of carboxylic acids is 1. The molecule has 1 fully saturated rings. The number of nitrogens with zero attached hydrogens (tertiary/aromatic N) is 1. The Labute approximate surface area is 120 Å². The normalized spacial score (nSPS) is 14.8. The molecular formula is C14H13ClN2O3. The van der Waals surface area contributed by atoms with Gasteiger partial charge in [-0.3, -0.25) is 5.10 Å². The molecule has 0 amide bonds. The van der Waals surface area contributed by atoms with Crippen LogP contribution in [0.2, 0.25) is 5.02 Å². The largest absolute Gasteiger partial charge is 0.490 e. The predicted molar refractivity (Wildman–Crippen MR) is 74.3 cm³/mol. The van der Waals surface area contributed by atoms with Crippen LogP contribution in [0.4, 0.5) is 0 Å². The van der Waals surface area contributed by atoms with Crippen LogP contribution in [0.1, 0.15) is 29.8 Å². The number of aromatic amines is 1. The van der Waals surface area contributed by atoms with Crippen molar-refractivity contribution in [1.82, 2.24) is 10.2 Å². The number of hydrogen-bond donors (Lipinski definition) is 2. The first-order valence-corrected chi connectivity index (χ1v) is 6.76. The average molecular weight is 293 g/mol. The lowest BCUT2D eigenvalue weighted by molar-refractivity contribution is 0.0690. The highest BCUT2D eigenvalue weighted by molar-refractivity contribution is 6.31. The van der Waals surface area contributed by atoms with E-state index in [2.05, 4.69) is 10.2 Å². The van der Waals surface area contributed by atoms with Crippen molar-refractivity contribution in [3.63, 3.8) is 0 Å². The number of ether oxygens (including phenoxy) is 1. The zero-order valence-corrected chi connectivity index (χ0v) is 11.4. The fraction of sp³-hybridized carbons (Fsp3) is 0.286. The minimum Gasteiger partial charge on any atom is -0.490 e. The van der Waals surface area contributed by atoms with Gasteiger partial charge in [0.05, 0.1) is 11.8 Å². The van der Waals surface area contributed by atoms with Crippen molar-refractivity contribution in [3.05, 3.63) is 35.0 Å². The molecular weight excluding hydrogens is 280 g/mol. The highest BCUT2D eigenvalue weighted by atomic mass is 35.5. The summed E-state index contributed by atoms with van der Waals surface area (Å²) in [5, 5.41) is 16.0. The van der Waals surface area contributed by atoms with Gasteiger partial charge >= 0.3 is 5.97 Å². The fourth-order valence-corrected chi connectivity index (χ4v) is 2.21. The van der Waals surface area contributed by atoms with Crippen LogP contribution in [0.5, 0.6) is 5.75 Å². The van der Waals surface area contributed by atoms with Crippen molar-refractivity contribution in [2.45, 2.75) is 25.4 Å². The Kier molecular flexibility index (Phi) is 3.36. The molecule has 0 saturated heterocycles. The summed E-state index contributed by atoms with van der Waals surface area (Å²) in [6, 6.07) is 6.76. The van der Waals surface area contributed by atoms with Crippen molar-refractivity contribution in [3.8, 4) is 17.0 Å². The van der Waals surface area contributed by atoms with Gasteiger partial charge in [-0.1, -0.05) is 11.6 Å². The van der Waals surface area contributed by atoms with E-state index in [4.69, 9.17) is 21.4 Å². The zero-order chi connectivity index (χ0) is 14.1. The van der Waals surface area contributed by atoms with Crippen LogP contribution in [0.3, 0.4) is 0 Å². The molecule has 1 heterocycles. The van der Waals surface area contributed by atoms with E-state index in [-0.39, 0.29) is 11.8 Å². The van der Waals surface area contributed by atoms with E-state index >= 15 is 0 Å². The van der Waals surface area contributed by atoms with Gasteiger partial charge in [-0.25, -0.2) is 4.79 Å². The summed E-state index contributed by atoms with van der Waals surface area (Å²) in [6.07, 6.45) is 3.50.